The summed E-state index contributed by atoms with van der Waals surface area (Å²) in [5, 5.41) is 0. The summed E-state index contributed by atoms with van der Waals surface area (Å²) in [5.41, 5.74) is 1.41. The summed E-state index contributed by atoms with van der Waals surface area (Å²) in [5.74, 6) is 0.900. The zero-order valence-electron chi connectivity index (χ0n) is 22.7. The van der Waals surface area contributed by atoms with E-state index in [9.17, 15) is 14.4 Å². The Labute approximate surface area is 249 Å². The standard InChI is InChI=1S/C30H36IN5O4/c31-26-18-23(8-9-27(26)40-25-10-13-35(21-25)30(39)34-11-4-5-12-34)29(38)36-19-24(20-36)32-14-16-33(17-15-32)28(37)22-6-2-1-3-7-22/h1-3,6-9,18,24-25H,4-5,10-17,19-21H2/t25-/m0/s1. The molecule has 10 heteroatoms. The summed E-state index contributed by atoms with van der Waals surface area (Å²) < 4.78 is 7.16. The van der Waals surface area contributed by atoms with E-state index in [4.69, 9.17) is 4.74 Å². The number of piperazine rings is 1. The highest BCUT2D eigenvalue weighted by Crippen LogP contribution is 2.28. The third kappa shape index (κ3) is 5.79. The van der Waals surface area contributed by atoms with Gasteiger partial charge in [-0.05, 0) is 65.8 Å². The van der Waals surface area contributed by atoms with Crippen molar-refractivity contribution >= 4 is 40.4 Å². The molecule has 4 aliphatic heterocycles. The van der Waals surface area contributed by atoms with Crippen molar-refractivity contribution in [3.63, 3.8) is 0 Å². The van der Waals surface area contributed by atoms with E-state index >= 15 is 0 Å². The first-order chi connectivity index (χ1) is 19.5. The molecule has 4 amide bonds. The Morgan fingerprint density at radius 1 is 0.700 bits per heavy atom. The van der Waals surface area contributed by atoms with Crippen LogP contribution in [0, 0.1) is 3.57 Å². The summed E-state index contributed by atoms with van der Waals surface area (Å²) in [4.78, 5) is 48.6. The minimum atomic E-state index is -0.0267. The highest BCUT2D eigenvalue weighted by atomic mass is 127. The topological polar surface area (TPSA) is 76.6 Å². The number of hydrogen-bond donors (Lipinski definition) is 0. The molecule has 9 nitrogen and oxygen atoms in total. The van der Waals surface area contributed by atoms with Gasteiger partial charge in [0.1, 0.15) is 11.9 Å². The third-order valence-corrected chi connectivity index (χ3v) is 9.40. The average molecular weight is 658 g/mol. The Morgan fingerprint density at radius 3 is 2.10 bits per heavy atom. The second-order valence-corrected chi connectivity index (χ2v) is 12.3. The predicted molar refractivity (Wildman–Crippen MR) is 160 cm³/mol. The molecule has 0 aromatic heterocycles. The lowest BCUT2D eigenvalue weighted by atomic mass is 10.0. The van der Waals surface area contributed by atoms with Gasteiger partial charge in [0.2, 0.25) is 0 Å². The van der Waals surface area contributed by atoms with Gasteiger partial charge in [-0.25, -0.2) is 4.79 Å². The van der Waals surface area contributed by atoms with Crippen molar-refractivity contribution in [2.45, 2.75) is 31.4 Å². The number of amides is 4. The maximum Gasteiger partial charge on any atom is 0.320 e. The van der Waals surface area contributed by atoms with E-state index in [0.29, 0.717) is 44.3 Å². The lowest BCUT2D eigenvalue weighted by Crippen LogP contribution is -2.64. The van der Waals surface area contributed by atoms with Gasteiger partial charge in [0.05, 0.1) is 10.1 Å². The molecule has 0 saturated carbocycles. The van der Waals surface area contributed by atoms with E-state index in [-0.39, 0.29) is 23.9 Å². The van der Waals surface area contributed by atoms with Crippen LogP contribution in [0.5, 0.6) is 5.75 Å². The molecule has 6 rings (SSSR count). The molecule has 1 atom stereocenters. The van der Waals surface area contributed by atoms with Crippen molar-refractivity contribution in [2.75, 3.05) is 65.4 Å². The van der Waals surface area contributed by atoms with Crippen LogP contribution in [-0.4, -0.2) is 120 Å². The molecule has 40 heavy (non-hydrogen) atoms. The molecule has 4 saturated heterocycles. The van der Waals surface area contributed by atoms with Crippen LogP contribution in [0.1, 0.15) is 40.0 Å². The number of benzene rings is 2. The average Bonchev–Trinajstić information content (AvgIpc) is 3.66. The number of rotatable bonds is 5. The van der Waals surface area contributed by atoms with Gasteiger partial charge in [-0.1, -0.05) is 18.2 Å². The highest BCUT2D eigenvalue weighted by molar-refractivity contribution is 14.1. The second kappa shape index (κ2) is 11.9. The van der Waals surface area contributed by atoms with Crippen molar-refractivity contribution in [3.8, 4) is 5.75 Å². The van der Waals surface area contributed by atoms with Crippen LogP contribution < -0.4 is 4.74 Å². The number of nitrogens with zero attached hydrogens (tertiary/aromatic N) is 5. The van der Waals surface area contributed by atoms with E-state index in [1.165, 1.54) is 0 Å². The van der Waals surface area contributed by atoms with Crippen molar-refractivity contribution in [2.24, 2.45) is 0 Å². The van der Waals surface area contributed by atoms with Gasteiger partial charge >= 0.3 is 6.03 Å². The van der Waals surface area contributed by atoms with Gasteiger partial charge in [0, 0.05) is 82.5 Å². The fourth-order valence-corrected chi connectivity index (χ4v) is 6.75. The summed E-state index contributed by atoms with van der Waals surface area (Å²) in [7, 11) is 0. The van der Waals surface area contributed by atoms with Crippen LogP contribution in [0.25, 0.3) is 0 Å². The maximum atomic E-state index is 13.2. The molecule has 2 aromatic carbocycles. The number of ether oxygens (including phenoxy) is 1. The SMILES string of the molecule is O=C(c1ccccc1)N1CCN(C2CN(C(=O)c3ccc(O[C@H]4CCN(C(=O)N5CCCC5)C4)c(I)c3)C2)CC1. The summed E-state index contributed by atoms with van der Waals surface area (Å²) >= 11 is 2.23. The van der Waals surface area contributed by atoms with E-state index < -0.39 is 0 Å². The minimum Gasteiger partial charge on any atom is -0.487 e. The molecule has 0 spiro atoms. The van der Waals surface area contributed by atoms with Gasteiger partial charge in [0.15, 0.2) is 0 Å². The second-order valence-electron chi connectivity index (χ2n) is 11.2. The van der Waals surface area contributed by atoms with Crippen LogP contribution in [0.3, 0.4) is 0 Å². The first kappa shape index (κ1) is 27.3. The Balaban J connectivity index is 0.959. The molecular weight excluding hydrogens is 621 g/mol. The predicted octanol–water partition coefficient (Wildman–Crippen LogP) is 3.24. The van der Waals surface area contributed by atoms with Crippen LogP contribution >= 0.6 is 22.6 Å². The number of hydrogen-bond acceptors (Lipinski definition) is 5. The van der Waals surface area contributed by atoms with Gasteiger partial charge in [-0.3, -0.25) is 14.5 Å². The lowest BCUT2D eigenvalue weighted by molar-refractivity contribution is 0.00853. The largest absolute Gasteiger partial charge is 0.487 e. The zero-order chi connectivity index (χ0) is 27.6. The van der Waals surface area contributed by atoms with E-state index in [0.717, 1.165) is 66.9 Å². The number of carbonyl (C=O) groups is 3. The van der Waals surface area contributed by atoms with Crippen molar-refractivity contribution in [3.05, 3.63) is 63.2 Å². The first-order valence-electron chi connectivity index (χ1n) is 14.3. The molecule has 0 bridgehead atoms. The van der Waals surface area contributed by atoms with Gasteiger partial charge in [-0.15, -0.1) is 0 Å². The summed E-state index contributed by atoms with van der Waals surface area (Å²) in [6.07, 6.45) is 2.98. The Hall–Kier alpha value is -2.86. The smallest absolute Gasteiger partial charge is 0.320 e. The lowest BCUT2D eigenvalue weighted by Gasteiger charge is -2.48. The Bertz CT molecular complexity index is 1240. The minimum absolute atomic E-state index is 0.0267. The molecule has 2 aromatic rings. The monoisotopic (exact) mass is 657 g/mol. The van der Waals surface area contributed by atoms with Gasteiger partial charge < -0.3 is 24.3 Å². The number of halogens is 1. The Kier molecular flexibility index (Phi) is 8.15. The van der Waals surface area contributed by atoms with E-state index in [2.05, 4.69) is 27.5 Å². The third-order valence-electron chi connectivity index (χ3n) is 8.55. The quantitative estimate of drug-likeness (QED) is 0.462. The van der Waals surface area contributed by atoms with Crippen LogP contribution in [0.2, 0.25) is 0 Å². The maximum absolute atomic E-state index is 13.2. The molecule has 0 aliphatic carbocycles. The molecule has 4 aliphatic rings. The van der Waals surface area contributed by atoms with Crippen LogP contribution in [0.15, 0.2) is 48.5 Å². The van der Waals surface area contributed by atoms with Crippen LogP contribution in [-0.2, 0) is 0 Å². The van der Waals surface area contributed by atoms with Crippen molar-refractivity contribution in [1.29, 1.82) is 0 Å². The number of likely N-dealkylation sites (tertiary alicyclic amines) is 3. The Morgan fingerprint density at radius 2 is 1.40 bits per heavy atom. The van der Waals surface area contributed by atoms with E-state index in [1.807, 2.05) is 68.1 Å². The zero-order valence-corrected chi connectivity index (χ0v) is 24.9. The molecule has 0 unspecified atom stereocenters. The molecule has 0 radical (unpaired) electrons. The fourth-order valence-electron chi connectivity index (χ4n) is 6.10. The number of carbonyl (C=O) groups excluding carboxylic acids is 3. The molecule has 212 valence electrons. The molecule has 4 heterocycles. The fraction of sp³-hybridized carbons (Fsp3) is 0.500. The normalized spacial score (nSPS) is 22.0. The number of urea groups is 1. The highest BCUT2D eigenvalue weighted by Gasteiger charge is 2.37. The molecule has 0 N–H and O–H groups in total. The molecule has 4 fully saturated rings. The molecular formula is C30H36IN5O4. The first-order valence-corrected chi connectivity index (χ1v) is 15.4. The summed E-state index contributed by atoms with van der Waals surface area (Å²) in [6.45, 7) is 7.56. The van der Waals surface area contributed by atoms with Crippen LogP contribution in [0.4, 0.5) is 4.79 Å². The van der Waals surface area contributed by atoms with Crippen molar-refractivity contribution < 1.29 is 19.1 Å². The summed E-state index contributed by atoms with van der Waals surface area (Å²) in [6, 6.07) is 15.6. The van der Waals surface area contributed by atoms with Crippen molar-refractivity contribution in [1.82, 2.24) is 24.5 Å². The van der Waals surface area contributed by atoms with Gasteiger partial charge in [-0.2, -0.15) is 0 Å². The van der Waals surface area contributed by atoms with Gasteiger partial charge in [0.25, 0.3) is 11.8 Å². The van der Waals surface area contributed by atoms with E-state index in [1.54, 1.807) is 0 Å².